The summed E-state index contributed by atoms with van der Waals surface area (Å²) in [5.41, 5.74) is 5.45. The molecule has 0 aromatic rings. The second kappa shape index (κ2) is 9.68. The summed E-state index contributed by atoms with van der Waals surface area (Å²) in [6.07, 6.45) is 6.73. The zero-order valence-electron chi connectivity index (χ0n) is 10.6. The van der Waals surface area contributed by atoms with E-state index in [9.17, 15) is 4.79 Å². The van der Waals surface area contributed by atoms with Gasteiger partial charge >= 0.3 is 0 Å². The molecule has 1 rings (SSSR count). The van der Waals surface area contributed by atoms with Gasteiger partial charge in [-0.1, -0.05) is 25.7 Å². The predicted octanol–water partition coefficient (Wildman–Crippen LogP) is 1.47. The smallest absolute Gasteiger partial charge is 0.222 e. The molecule has 1 amide bonds. The summed E-state index contributed by atoms with van der Waals surface area (Å²) in [5, 5.41) is 2.93. The minimum atomic E-state index is -0.147. The Morgan fingerprint density at radius 3 is 2.65 bits per heavy atom. The van der Waals surface area contributed by atoms with Crippen molar-refractivity contribution < 1.29 is 9.53 Å². The average molecular weight is 265 g/mol. The van der Waals surface area contributed by atoms with E-state index in [-0.39, 0.29) is 24.4 Å². The summed E-state index contributed by atoms with van der Waals surface area (Å²) < 4.78 is 5.06. The Morgan fingerprint density at radius 2 is 2.12 bits per heavy atom. The molecule has 4 nitrogen and oxygen atoms in total. The summed E-state index contributed by atoms with van der Waals surface area (Å²) in [7, 11) is 1.59. The van der Waals surface area contributed by atoms with E-state index < -0.39 is 0 Å². The number of carbonyl (C=O) groups excluding carboxylic acids is 1. The van der Waals surface area contributed by atoms with Crippen molar-refractivity contribution in [3.05, 3.63) is 0 Å². The van der Waals surface area contributed by atoms with Crippen molar-refractivity contribution in [1.29, 1.82) is 0 Å². The Kier molecular flexibility index (Phi) is 9.50. The van der Waals surface area contributed by atoms with Gasteiger partial charge in [-0.3, -0.25) is 4.79 Å². The molecule has 1 aliphatic carbocycles. The predicted molar refractivity (Wildman–Crippen MR) is 71.3 cm³/mol. The average Bonchev–Trinajstić information content (AvgIpc) is 2.79. The van der Waals surface area contributed by atoms with Gasteiger partial charge in [0.1, 0.15) is 0 Å². The first-order valence-electron chi connectivity index (χ1n) is 6.25. The van der Waals surface area contributed by atoms with Crippen LogP contribution < -0.4 is 11.1 Å². The van der Waals surface area contributed by atoms with Crippen molar-refractivity contribution in [3.8, 4) is 0 Å². The summed E-state index contributed by atoms with van der Waals surface area (Å²) in [4.78, 5) is 11.5. The Morgan fingerprint density at radius 1 is 1.47 bits per heavy atom. The van der Waals surface area contributed by atoms with E-state index in [1.54, 1.807) is 7.11 Å². The molecule has 0 radical (unpaired) electrons. The first kappa shape index (κ1) is 16.7. The third-order valence-electron chi connectivity index (χ3n) is 3.36. The molecule has 0 aromatic heterocycles. The van der Waals surface area contributed by atoms with Crippen molar-refractivity contribution in [1.82, 2.24) is 5.32 Å². The fourth-order valence-electron chi connectivity index (χ4n) is 2.26. The van der Waals surface area contributed by atoms with Gasteiger partial charge in [0, 0.05) is 20.2 Å². The summed E-state index contributed by atoms with van der Waals surface area (Å²) in [6.45, 7) is 1.19. The highest BCUT2D eigenvalue weighted by Gasteiger charge is 2.15. The molecule has 0 spiro atoms. The maximum Gasteiger partial charge on any atom is 0.222 e. The second-order valence-electron chi connectivity index (χ2n) is 4.59. The third kappa shape index (κ3) is 6.86. The van der Waals surface area contributed by atoms with Crippen LogP contribution in [0.3, 0.4) is 0 Å². The van der Waals surface area contributed by atoms with E-state index in [1.807, 2.05) is 0 Å². The van der Waals surface area contributed by atoms with Crippen molar-refractivity contribution >= 4 is 18.3 Å². The van der Waals surface area contributed by atoms with Gasteiger partial charge in [0.2, 0.25) is 5.91 Å². The Labute approximate surface area is 110 Å². The zero-order valence-corrected chi connectivity index (χ0v) is 11.4. The Hall–Kier alpha value is -0.320. The van der Waals surface area contributed by atoms with Crippen molar-refractivity contribution in [3.63, 3.8) is 0 Å². The van der Waals surface area contributed by atoms with Gasteiger partial charge in [0.15, 0.2) is 0 Å². The van der Waals surface area contributed by atoms with Crippen LogP contribution in [0.2, 0.25) is 0 Å². The van der Waals surface area contributed by atoms with Crippen molar-refractivity contribution in [2.24, 2.45) is 11.7 Å². The molecule has 0 bridgehead atoms. The van der Waals surface area contributed by atoms with E-state index in [0.29, 0.717) is 13.0 Å². The number of nitrogens with two attached hydrogens (primary N) is 1. The SMILES string of the molecule is COC(CN)CC(=O)NCCC1CCCC1.Cl. The van der Waals surface area contributed by atoms with Crippen LogP contribution in [0.15, 0.2) is 0 Å². The quantitative estimate of drug-likeness (QED) is 0.732. The lowest BCUT2D eigenvalue weighted by molar-refractivity contribution is -0.123. The molecule has 0 saturated heterocycles. The monoisotopic (exact) mass is 264 g/mol. The van der Waals surface area contributed by atoms with Crippen LogP contribution in [0.25, 0.3) is 0 Å². The topological polar surface area (TPSA) is 64.3 Å². The lowest BCUT2D eigenvalue weighted by atomic mass is 10.0. The normalized spacial score (nSPS) is 17.5. The fourth-order valence-corrected chi connectivity index (χ4v) is 2.26. The summed E-state index contributed by atoms with van der Waals surface area (Å²) in [6, 6.07) is 0. The number of hydrogen-bond acceptors (Lipinski definition) is 3. The molecular weight excluding hydrogens is 240 g/mol. The molecule has 1 aliphatic rings. The molecule has 0 aromatic carbocycles. The molecule has 1 saturated carbocycles. The molecule has 102 valence electrons. The molecule has 3 N–H and O–H groups in total. The van der Waals surface area contributed by atoms with Crippen LogP contribution in [0.1, 0.15) is 38.5 Å². The van der Waals surface area contributed by atoms with Gasteiger partial charge in [-0.05, 0) is 12.3 Å². The summed E-state index contributed by atoms with van der Waals surface area (Å²) >= 11 is 0. The third-order valence-corrected chi connectivity index (χ3v) is 3.36. The van der Waals surface area contributed by atoms with E-state index in [4.69, 9.17) is 10.5 Å². The van der Waals surface area contributed by atoms with Gasteiger partial charge in [0.25, 0.3) is 0 Å². The molecule has 1 unspecified atom stereocenters. The molecule has 17 heavy (non-hydrogen) atoms. The Bertz CT molecular complexity index is 205. The molecule has 0 heterocycles. The Balaban J connectivity index is 0.00000256. The summed E-state index contributed by atoms with van der Waals surface area (Å²) in [5.74, 6) is 0.878. The number of halogens is 1. The number of nitrogens with one attached hydrogen (secondary N) is 1. The van der Waals surface area contributed by atoms with Crippen LogP contribution in [-0.2, 0) is 9.53 Å². The lowest BCUT2D eigenvalue weighted by Gasteiger charge is -2.13. The van der Waals surface area contributed by atoms with Crippen LogP contribution in [0.4, 0.5) is 0 Å². The number of ether oxygens (including phenoxy) is 1. The van der Waals surface area contributed by atoms with Crippen LogP contribution in [0.5, 0.6) is 0 Å². The van der Waals surface area contributed by atoms with Gasteiger partial charge in [-0.2, -0.15) is 0 Å². The number of carbonyl (C=O) groups is 1. The molecule has 0 aliphatic heterocycles. The highest BCUT2D eigenvalue weighted by atomic mass is 35.5. The van der Waals surface area contributed by atoms with E-state index in [0.717, 1.165) is 18.9 Å². The van der Waals surface area contributed by atoms with E-state index in [1.165, 1.54) is 25.7 Å². The minimum Gasteiger partial charge on any atom is -0.380 e. The maximum absolute atomic E-state index is 11.5. The van der Waals surface area contributed by atoms with Gasteiger partial charge < -0.3 is 15.8 Å². The highest BCUT2D eigenvalue weighted by Crippen LogP contribution is 2.26. The van der Waals surface area contributed by atoms with Crippen LogP contribution in [0, 0.1) is 5.92 Å². The fraction of sp³-hybridized carbons (Fsp3) is 0.917. The number of rotatable bonds is 7. The van der Waals surface area contributed by atoms with Crippen LogP contribution >= 0.6 is 12.4 Å². The first-order chi connectivity index (χ1) is 7.76. The second-order valence-corrected chi connectivity index (χ2v) is 4.59. The van der Waals surface area contributed by atoms with E-state index in [2.05, 4.69) is 5.32 Å². The molecule has 5 heteroatoms. The lowest BCUT2D eigenvalue weighted by Crippen LogP contribution is -2.33. The first-order valence-corrected chi connectivity index (χ1v) is 6.25. The van der Waals surface area contributed by atoms with Gasteiger partial charge in [0.05, 0.1) is 12.5 Å². The number of amides is 1. The maximum atomic E-state index is 11.5. The van der Waals surface area contributed by atoms with Gasteiger partial charge in [-0.25, -0.2) is 0 Å². The van der Waals surface area contributed by atoms with Crippen molar-refractivity contribution in [2.45, 2.75) is 44.6 Å². The van der Waals surface area contributed by atoms with Gasteiger partial charge in [-0.15, -0.1) is 12.4 Å². The number of hydrogen-bond donors (Lipinski definition) is 2. The molecule has 1 atom stereocenters. The van der Waals surface area contributed by atoms with Crippen molar-refractivity contribution in [2.75, 3.05) is 20.2 Å². The van der Waals surface area contributed by atoms with Crippen LogP contribution in [-0.4, -0.2) is 32.2 Å². The highest BCUT2D eigenvalue weighted by molar-refractivity contribution is 5.85. The standard InChI is InChI=1S/C12H24N2O2.ClH/c1-16-11(9-13)8-12(15)14-7-6-10-4-2-3-5-10;/h10-11H,2-9,13H2,1H3,(H,14,15);1H. The molecular formula is C12H25ClN2O2. The zero-order chi connectivity index (χ0) is 11.8. The number of methoxy groups -OCH3 is 1. The van der Waals surface area contributed by atoms with E-state index >= 15 is 0 Å². The minimum absolute atomic E-state index is 0. The molecule has 1 fully saturated rings. The largest absolute Gasteiger partial charge is 0.380 e.